The number of aromatic nitrogens is 3. The lowest BCUT2D eigenvalue weighted by Crippen LogP contribution is -2.03. The van der Waals surface area contributed by atoms with Crippen LogP contribution in [-0.4, -0.2) is 21.7 Å². The summed E-state index contributed by atoms with van der Waals surface area (Å²) in [6.45, 7) is 0.710. The zero-order valence-electron chi connectivity index (χ0n) is 10.6. The highest BCUT2D eigenvalue weighted by molar-refractivity contribution is 5.66. The lowest BCUT2D eigenvalue weighted by atomic mass is 10.2. The molecule has 0 saturated heterocycles. The van der Waals surface area contributed by atoms with Crippen LogP contribution in [0.1, 0.15) is 5.56 Å². The van der Waals surface area contributed by atoms with Gasteiger partial charge in [0.15, 0.2) is 5.82 Å². The molecule has 0 radical (unpaired) electrons. The maximum absolute atomic E-state index is 5.13. The quantitative estimate of drug-likeness (QED) is 0.776. The molecule has 0 aliphatic heterocycles. The van der Waals surface area contributed by atoms with E-state index in [9.17, 15) is 0 Å². The Morgan fingerprint density at radius 2 is 2.00 bits per heavy atom. The van der Waals surface area contributed by atoms with Crippen molar-refractivity contribution in [2.24, 2.45) is 0 Å². The van der Waals surface area contributed by atoms with E-state index in [0.29, 0.717) is 6.54 Å². The topological polar surface area (TPSA) is 51.5 Å². The number of rotatable bonds is 4. The molecule has 0 aliphatic carbocycles. The molecule has 2 aromatic heterocycles. The van der Waals surface area contributed by atoms with Crippen LogP contribution in [-0.2, 0) is 6.54 Å². The van der Waals surface area contributed by atoms with Gasteiger partial charge in [-0.15, -0.1) is 0 Å². The molecule has 3 rings (SSSR count). The molecule has 1 aromatic carbocycles. The summed E-state index contributed by atoms with van der Waals surface area (Å²) in [6.07, 6.45) is 5.32. The van der Waals surface area contributed by atoms with E-state index in [0.717, 1.165) is 17.1 Å². The number of hydrogen-bond donors (Lipinski definition) is 1. The summed E-state index contributed by atoms with van der Waals surface area (Å²) >= 11 is 0. The maximum Gasteiger partial charge on any atom is 0.152 e. The van der Waals surface area contributed by atoms with Gasteiger partial charge in [0.1, 0.15) is 11.3 Å². The number of nitrogens with zero attached hydrogens (tertiary/aromatic N) is 3. The fourth-order valence-corrected chi connectivity index (χ4v) is 1.92. The Morgan fingerprint density at radius 3 is 2.79 bits per heavy atom. The molecule has 5 nitrogen and oxygen atoms in total. The molecule has 0 bridgehead atoms. The van der Waals surface area contributed by atoms with Gasteiger partial charge in [0.2, 0.25) is 0 Å². The highest BCUT2D eigenvalue weighted by Crippen LogP contribution is 2.15. The molecular weight excluding hydrogens is 240 g/mol. The Balaban J connectivity index is 1.76. The van der Waals surface area contributed by atoms with E-state index in [2.05, 4.69) is 15.4 Å². The van der Waals surface area contributed by atoms with Gasteiger partial charge >= 0.3 is 0 Å². The third-order valence-corrected chi connectivity index (χ3v) is 2.94. The minimum Gasteiger partial charge on any atom is -0.497 e. The monoisotopic (exact) mass is 254 g/mol. The molecule has 1 N–H and O–H groups in total. The van der Waals surface area contributed by atoms with Gasteiger partial charge in [-0.2, -0.15) is 5.10 Å². The smallest absolute Gasteiger partial charge is 0.152 e. The van der Waals surface area contributed by atoms with Gasteiger partial charge in [0.25, 0.3) is 0 Å². The number of methoxy groups -OCH3 is 1. The van der Waals surface area contributed by atoms with Crippen molar-refractivity contribution in [2.45, 2.75) is 6.54 Å². The van der Waals surface area contributed by atoms with Crippen molar-refractivity contribution in [3.63, 3.8) is 0 Å². The molecule has 3 aromatic rings. The van der Waals surface area contributed by atoms with E-state index >= 15 is 0 Å². The van der Waals surface area contributed by atoms with Crippen LogP contribution in [0.5, 0.6) is 5.75 Å². The SMILES string of the molecule is COc1ccc(CNc2nccn3nccc23)cc1. The summed E-state index contributed by atoms with van der Waals surface area (Å²) in [7, 11) is 1.66. The molecule has 2 heterocycles. The van der Waals surface area contributed by atoms with Gasteiger partial charge in [-0.3, -0.25) is 0 Å². The molecule has 0 amide bonds. The second-order valence-electron chi connectivity index (χ2n) is 4.14. The lowest BCUT2D eigenvalue weighted by Gasteiger charge is -2.07. The standard InChI is InChI=1S/C14H14N4O/c1-19-12-4-2-11(3-5-12)10-16-14-13-6-7-17-18(13)9-8-15-14/h2-9H,10H2,1H3,(H,15,16). The first-order valence-electron chi connectivity index (χ1n) is 6.02. The maximum atomic E-state index is 5.13. The van der Waals surface area contributed by atoms with Crippen molar-refractivity contribution >= 4 is 11.3 Å². The second kappa shape index (κ2) is 4.97. The van der Waals surface area contributed by atoms with Crippen molar-refractivity contribution in [1.29, 1.82) is 0 Å². The molecule has 19 heavy (non-hydrogen) atoms. The Bertz CT molecular complexity index is 675. The molecule has 0 unspecified atom stereocenters. The summed E-state index contributed by atoms with van der Waals surface area (Å²) in [4.78, 5) is 4.33. The zero-order chi connectivity index (χ0) is 13.1. The minimum atomic E-state index is 0.710. The average molecular weight is 254 g/mol. The van der Waals surface area contributed by atoms with Crippen LogP contribution >= 0.6 is 0 Å². The summed E-state index contributed by atoms with van der Waals surface area (Å²) in [5.74, 6) is 1.69. The van der Waals surface area contributed by atoms with Crippen LogP contribution < -0.4 is 10.1 Å². The number of benzene rings is 1. The van der Waals surface area contributed by atoms with Gasteiger partial charge in [-0.25, -0.2) is 9.50 Å². The van der Waals surface area contributed by atoms with Gasteiger partial charge in [-0.05, 0) is 23.8 Å². The molecule has 0 atom stereocenters. The molecule has 0 aliphatic rings. The van der Waals surface area contributed by atoms with E-state index in [-0.39, 0.29) is 0 Å². The third-order valence-electron chi connectivity index (χ3n) is 2.94. The number of anilines is 1. The van der Waals surface area contributed by atoms with Crippen LogP contribution in [0.15, 0.2) is 48.9 Å². The molecule has 5 heteroatoms. The average Bonchev–Trinajstić information content (AvgIpc) is 2.94. The second-order valence-corrected chi connectivity index (χ2v) is 4.14. The van der Waals surface area contributed by atoms with Gasteiger partial charge in [0, 0.05) is 18.9 Å². The van der Waals surface area contributed by atoms with Crippen LogP contribution in [0.3, 0.4) is 0 Å². The Labute approximate surface area is 110 Å². The molecule has 0 fully saturated rings. The highest BCUT2D eigenvalue weighted by Gasteiger charge is 2.02. The van der Waals surface area contributed by atoms with E-state index in [4.69, 9.17) is 4.74 Å². The van der Waals surface area contributed by atoms with Gasteiger partial charge in [0.05, 0.1) is 13.3 Å². The third kappa shape index (κ3) is 2.35. The van der Waals surface area contributed by atoms with Crippen LogP contribution in [0.2, 0.25) is 0 Å². The number of nitrogens with one attached hydrogen (secondary N) is 1. The van der Waals surface area contributed by atoms with E-state index < -0.39 is 0 Å². The molecular formula is C14H14N4O. The normalized spacial score (nSPS) is 10.6. The van der Waals surface area contributed by atoms with E-state index in [1.807, 2.05) is 36.5 Å². The first-order chi connectivity index (χ1) is 9.36. The van der Waals surface area contributed by atoms with Crippen LogP contribution in [0.4, 0.5) is 5.82 Å². The number of hydrogen-bond acceptors (Lipinski definition) is 4. The van der Waals surface area contributed by atoms with Crippen molar-refractivity contribution in [3.05, 3.63) is 54.5 Å². The molecule has 0 saturated carbocycles. The van der Waals surface area contributed by atoms with E-state index in [1.165, 1.54) is 5.56 Å². The number of ether oxygens (including phenoxy) is 1. The fourth-order valence-electron chi connectivity index (χ4n) is 1.92. The van der Waals surface area contributed by atoms with Crippen molar-refractivity contribution in [1.82, 2.24) is 14.6 Å². The zero-order valence-corrected chi connectivity index (χ0v) is 10.6. The Hall–Kier alpha value is -2.56. The summed E-state index contributed by atoms with van der Waals surface area (Å²) in [6, 6.07) is 9.89. The highest BCUT2D eigenvalue weighted by atomic mass is 16.5. The predicted molar refractivity (Wildman–Crippen MR) is 73.3 cm³/mol. The van der Waals surface area contributed by atoms with E-state index in [1.54, 1.807) is 24.0 Å². The first-order valence-corrected chi connectivity index (χ1v) is 6.02. The first kappa shape index (κ1) is 11.5. The van der Waals surface area contributed by atoms with Crippen LogP contribution in [0.25, 0.3) is 5.52 Å². The Kier molecular flexibility index (Phi) is 3.02. The van der Waals surface area contributed by atoms with Crippen molar-refractivity contribution in [3.8, 4) is 5.75 Å². The van der Waals surface area contributed by atoms with Gasteiger partial charge in [-0.1, -0.05) is 12.1 Å². The van der Waals surface area contributed by atoms with Gasteiger partial charge < -0.3 is 10.1 Å². The van der Waals surface area contributed by atoms with Crippen molar-refractivity contribution in [2.75, 3.05) is 12.4 Å². The largest absolute Gasteiger partial charge is 0.497 e. The molecule has 0 spiro atoms. The lowest BCUT2D eigenvalue weighted by molar-refractivity contribution is 0.414. The summed E-state index contributed by atoms with van der Waals surface area (Å²) < 4.78 is 6.93. The van der Waals surface area contributed by atoms with Crippen molar-refractivity contribution < 1.29 is 4.74 Å². The minimum absolute atomic E-state index is 0.710. The summed E-state index contributed by atoms with van der Waals surface area (Å²) in [5, 5.41) is 7.49. The number of fused-ring (bicyclic) bond motifs is 1. The molecule has 96 valence electrons. The summed E-state index contributed by atoms with van der Waals surface area (Å²) in [5.41, 5.74) is 2.14. The Morgan fingerprint density at radius 1 is 1.16 bits per heavy atom. The van der Waals surface area contributed by atoms with Crippen LogP contribution in [0, 0.1) is 0 Å². The fraction of sp³-hybridized carbons (Fsp3) is 0.143. The predicted octanol–water partition coefficient (Wildman–Crippen LogP) is 2.35.